The molecule has 2 N–H and O–H groups in total. The van der Waals surface area contributed by atoms with E-state index in [-0.39, 0.29) is 30.1 Å². The molecule has 29 heavy (non-hydrogen) atoms. The molecule has 2 heterocycles. The standard InChI is InChI=1S/C21H24N4O3.HI/c1-14-13-25(9-10-27-14)21(22)23-12-16-11-18(24-28-16)20-17-6-4-3-5-15(17)7-8-19(20)26-2;/h3-8,11,14H,9-10,12-13H2,1-2H3,(H2,22,23);1H. The van der Waals surface area contributed by atoms with Crippen LogP contribution in [-0.4, -0.2) is 48.9 Å². The lowest BCUT2D eigenvalue weighted by atomic mass is 10.0. The van der Waals surface area contributed by atoms with Crippen molar-refractivity contribution in [3.8, 4) is 17.0 Å². The summed E-state index contributed by atoms with van der Waals surface area (Å²) in [7, 11) is 1.66. The largest absolute Gasteiger partial charge is 0.496 e. The zero-order valence-corrected chi connectivity index (χ0v) is 18.8. The molecule has 0 amide bonds. The summed E-state index contributed by atoms with van der Waals surface area (Å²) in [5.74, 6) is 1.90. The maximum atomic E-state index is 6.13. The van der Waals surface area contributed by atoms with Gasteiger partial charge in [0, 0.05) is 19.2 Å². The number of guanidine groups is 1. The lowest BCUT2D eigenvalue weighted by Crippen LogP contribution is -2.47. The van der Waals surface area contributed by atoms with Gasteiger partial charge in [-0.05, 0) is 23.8 Å². The number of hydrogen-bond acceptors (Lipinski definition) is 5. The fourth-order valence-corrected chi connectivity index (χ4v) is 3.48. The van der Waals surface area contributed by atoms with Crippen molar-refractivity contribution in [3.63, 3.8) is 0 Å². The van der Waals surface area contributed by atoms with Crippen LogP contribution >= 0.6 is 24.0 Å². The lowest BCUT2D eigenvalue weighted by Gasteiger charge is -2.31. The van der Waals surface area contributed by atoms with E-state index in [1.807, 2.05) is 42.2 Å². The van der Waals surface area contributed by atoms with Gasteiger partial charge in [-0.2, -0.15) is 0 Å². The number of fused-ring (bicyclic) bond motifs is 1. The van der Waals surface area contributed by atoms with Crippen LogP contribution in [0.5, 0.6) is 5.75 Å². The SMILES string of the molecule is COc1ccc2ccccc2c1-c1cc(CN=C(N)N2CCOC(C)C2)on1.I. The summed E-state index contributed by atoms with van der Waals surface area (Å²) < 4.78 is 16.6. The average molecular weight is 508 g/mol. The molecule has 8 heteroatoms. The van der Waals surface area contributed by atoms with Crippen molar-refractivity contribution in [1.82, 2.24) is 10.1 Å². The van der Waals surface area contributed by atoms with Gasteiger partial charge < -0.3 is 24.6 Å². The van der Waals surface area contributed by atoms with E-state index in [9.17, 15) is 0 Å². The summed E-state index contributed by atoms with van der Waals surface area (Å²) in [5.41, 5.74) is 7.77. The zero-order chi connectivity index (χ0) is 19.5. The van der Waals surface area contributed by atoms with Crippen LogP contribution < -0.4 is 10.5 Å². The molecule has 7 nitrogen and oxygen atoms in total. The Kier molecular flexibility index (Phi) is 6.96. The number of aromatic nitrogens is 1. The number of ether oxygens (including phenoxy) is 2. The van der Waals surface area contributed by atoms with E-state index >= 15 is 0 Å². The van der Waals surface area contributed by atoms with Gasteiger partial charge in [0.25, 0.3) is 0 Å². The summed E-state index contributed by atoms with van der Waals surface area (Å²) in [6, 6.07) is 14.0. The second-order valence-electron chi connectivity index (χ2n) is 6.84. The molecular formula is C21H25IN4O3. The van der Waals surface area contributed by atoms with Gasteiger partial charge in [0.05, 0.1) is 25.4 Å². The number of nitrogens with two attached hydrogens (primary N) is 1. The highest BCUT2D eigenvalue weighted by atomic mass is 127. The van der Waals surface area contributed by atoms with E-state index in [0.29, 0.717) is 24.9 Å². The van der Waals surface area contributed by atoms with Crippen molar-refractivity contribution in [2.75, 3.05) is 26.8 Å². The third kappa shape index (κ3) is 4.64. The minimum Gasteiger partial charge on any atom is -0.496 e. The topological polar surface area (TPSA) is 86.1 Å². The molecule has 1 aromatic heterocycles. The van der Waals surface area contributed by atoms with Crippen molar-refractivity contribution in [1.29, 1.82) is 0 Å². The Morgan fingerprint density at radius 3 is 2.93 bits per heavy atom. The van der Waals surface area contributed by atoms with Crippen molar-refractivity contribution in [2.45, 2.75) is 19.6 Å². The van der Waals surface area contributed by atoms with E-state index in [4.69, 9.17) is 19.7 Å². The minimum absolute atomic E-state index is 0. The van der Waals surface area contributed by atoms with Gasteiger partial charge in [0.1, 0.15) is 18.0 Å². The highest BCUT2D eigenvalue weighted by Crippen LogP contribution is 2.36. The predicted octanol–water partition coefficient (Wildman–Crippen LogP) is 3.66. The van der Waals surface area contributed by atoms with Crippen LogP contribution in [0.1, 0.15) is 12.7 Å². The molecule has 2 aromatic carbocycles. The first-order valence-corrected chi connectivity index (χ1v) is 9.34. The van der Waals surface area contributed by atoms with E-state index in [1.165, 1.54) is 0 Å². The van der Waals surface area contributed by atoms with Crippen LogP contribution in [0.15, 0.2) is 52.0 Å². The van der Waals surface area contributed by atoms with Gasteiger partial charge in [0.15, 0.2) is 11.7 Å². The summed E-state index contributed by atoms with van der Waals surface area (Å²) in [6.07, 6.45) is 0.151. The van der Waals surface area contributed by atoms with Crippen molar-refractivity contribution in [3.05, 3.63) is 48.2 Å². The van der Waals surface area contributed by atoms with Crippen LogP contribution in [0.2, 0.25) is 0 Å². The summed E-state index contributed by atoms with van der Waals surface area (Å²) in [4.78, 5) is 6.49. The van der Waals surface area contributed by atoms with E-state index < -0.39 is 0 Å². The summed E-state index contributed by atoms with van der Waals surface area (Å²) >= 11 is 0. The Labute approximate surface area is 186 Å². The molecule has 1 atom stereocenters. The van der Waals surface area contributed by atoms with Crippen molar-refractivity contribution >= 4 is 40.7 Å². The average Bonchev–Trinajstić information content (AvgIpc) is 3.19. The van der Waals surface area contributed by atoms with Crippen molar-refractivity contribution < 1.29 is 14.0 Å². The Bertz CT molecular complexity index is 1000. The third-order valence-electron chi connectivity index (χ3n) is 4.89. The molecule has 1 unspecified atom stereocenters. The number of nitrogens with zero attached hydrogens (tertiary/aromatic N) is 3. The number of rotatable bonds is 4. The van der Waals surface area contributed by atoms with Crippen molar-refractivity contribution in [2.24, 2.45) is 10.7 Å². The molecule has 154 valence electrons. The Balaban J connectivity index is 0.00000240. The first kappa shape index (κ1) is 21.4. The van der Waals surface area contributed by atoms with Gasteiger partial charge >= 0.3 is 0 Å². The van der Waals surface area contributed by atoms with Gasteiger partial charge in [-0.15, -0.1) is 24.0 Å². The molecule has 0 bridgehead atoms. The molecule has 1 aliphatic rings. The third-order valence-corrected chi connectivity index (χ3v) is 4.89. The second-order valence-corrected chi connectivity index (χ2v) is 6.84. The monoisotopic (exact) mass is 508 g/mol. The first-order chi connectivity index (χ1) is 13.7. The lowest BCUT2D eigenvalue weighted by molar-refractivity contribution is 0.00527. The highest BCUT2D eigenvalue weighted by molar-refractivity contribution is 14.0. The maximum Gasteiger partial charge on any atom is 0.191 e. The van der Waals surface area contributed by atoms with E-state index in [2.05, 4.69) is 22.3 Å². The molecule has 1 saturated heterocycles. The quantitative estimate of drug-likeness (QED) is 0.329. The highest BCUT2D eigenvalue weighted by Gasteiger charge is 2.19. The van der Waals surface area contributed by atoms with Gasteiger partial charge in [0.2, 0.25) is 0 Å². The first-order valence-electron chi connectivity index (χ1n) is 9.34. The maximum absolute atomic E-state index is 6.13. The Morgan fingerprint density at radius 1 is 1.31 bits per heavy atom. The van der Waals surface area contributed by atoms with Crippen LogP contribution in [-0.2, 0) is 11.3 Å². The molecule has 0 aliphatic carbocycles. The van der Waals surface area contributed by atoms with E-state index in [0.717, 1.165) is 40.9 Å². The number of benzene rings is 2. The fraction of sp³-hybridized carbons (Fsp3) is 0.333. The molecular weight excluding hydrogens is 483 g/mol. The summed E-state index contributed by atoms with van der Waals surface area (Å²) in [6.45, 7) is 4.50. The van der Waals surface area contributed by atoms with E-state index in [1.54, 1.807) is 7.11 Å². The molecule has 1 fully saturated rings. The molecule has 3 aromatic rings. The molecule has 0 spiro atoms. The number of morpholine rings is 1. The number of aliphatic imine (C=N–C) groups is 1. The molecule has 4 rings (SSSR count). The van der Waals surface area contributed by atoms with Gasteiger partial charge in [-0.25, -0.2) is 4.99 Å². The number of halogens is 1. The van der Waals surface area contributed by atoms with Crippen LogP contribution in [0.4, 0.5) is 0 Å². The molecule has 0 saturated carbocycles. The smallest absolute Gasteiger partial charge is 0.191 e. The van der Waals surface area contributed by atoms with Crippen LogP contribution in [0, 0.1) is 0 Å². The minimum atomic E-state index is 0. The second kappa shape index (κ2) is 9.45. The van der Waals surface area contributed by atoms with Gasteiger partial charge in [-0.3, -0.25) is 0 Å². The Morgan fingerprint density at radius 2 is 2.14 bits per heavy atom. The number of hydrogen-bond donors (Lipinski definition) is 1. The molecule has 1 aliphatic heterocycles. The molecule has 0 radical (unpaired) electrons. The zero-order valence-electron chi connectivity index (χ0n) is 16.5. The number of methoxy groups -OCH3 is 1. The summed E-state index contributed by atoms with van der Waals surface area (Å²) in [5, 5.41) is 6.43. The Hall–Kier alpha value is -2.33. The van der Waals surface area contributed by atoms with Crippen LogP contribution in [0.25, 0.3) is 22.0 Å². The fourth-order valence-electron chi connectivity index (χ4n) is 3.48. The normalized spacial score (nSPS) is 17.2. The predicted molar refractivity (Wildman–Crippen MR) is 124 cm³/mol. The van der Waals surface area contributed by atoms with Gasteiger partial charge in [-0.1, -0.05) is 35.5 Å². The van der Waals surface area contributed by atoms with Crippen LogP contribution in [0.3, 0.4) is 0 Å².